The molecule has 1 unspecified atom stereocenters. The summed E-state index contributed by atoms with van der Waals surface area (Å²) in [6, 6.07) is 5.00. The second-order valence-electron chi connectivity index (χ2n) is 3.86. The summed E-state index contributed by atoms with van der Waals surface area (Å²) in [5.74, 6) is -0.356. The Kier molecular flexibility index (Phi) is 4.63. The van der Waals surface area contributed by atoms with E-state index in [9.17, 15) is 4.39 Å². The molecule has 1 N–H and O–H groups in total. The molecule has 6 heteroatoms. The van der Waals surface area contributed by atoms with Crippen molar-refractivity contribution in [2.75, 3.05) is 6.54 Å². The van der Waals surface area contributed by atoms with E-state index in [1.165, 1.54) is 0 Å². The minimum absolute atomic E-state index is 0.0401. The van der Waals surface area contributed by atoms with E-state index in [0.717, 1.165) is 24.0 Å². The molecule has 0 saturated heterocycles. The van der Waals surface area contributed by atoms with Gasteiger partial charge in [-0.3, -0.25) is 0 Å². The van der Waals surface area contributed by atoms with Crippen molar-refractivity contribution in [2.45, 2.75) is 19.4 Å². The molecule has 2 rings (SSSR count). The fraction of sp³-hybridized carbons (Fsp3) is 0.333. The Labute approximate surface area is 114 Å². The summed E-state index contributed by atoms with van der Waals surface area (Å²) in [6.07, 6.45) is 2.21. The van der Waals surface area contributed by atoms with E-state index in [-0.39, 0.29) is 16.9 Å². The third kappa shape index (κ3) is 3.04. The van der Waals surface area contributed by atoms with Crippen LogP contribution < -0.4 is 5.32 Å². The third-order valence-corrected chi connectivity index (χ3v) is 3.43. The molecule has 0 fully saturated rings. The molecule has 1 heterocycles. The Morgan fingerprint density at radius 3 is 3.00 bits per heavy atom. The van der Waals surface area contributed by atoms with Crippen molar-refractivity contribution in [3.8, 4) is 0 Å². The van der Waals surface area contributed by atoms with Crippen LogP contribution in [-0.4, -0.2) is 15.3 Å². The van der Waals surface area contributed by atoms with Gasteiger partial charge in [-0.1, -0.05) is 30.7 Å². The molecule has 0 bridgehead atoms. The predicted octanol–water partition coefficient (Wildman–Crippen LogP) is 3.22. The zero-order valence-corrected chi connectivity index (χ0v) is 11.4. The molecule has 18 heavy (non-hydrogen) atoms. The molecule has 0 aliphatic rings. The standard InChI is InChI=1S/C12H13ClFN3S/c1-2-15-10(11-7-16-18-17-11)6-8-4-3-5-9(13)12(8)14/h3-5,7,10,15H,2,6H2,1H3. The van der Waals surface area contributed by atoms with Crippen molar-refractivity contribution in [3.05, 3.63) is 46.5 Å². The minimum atomic E-state index is -0.356. The largest absolute Gasteiger partial charge is 0.309 e. The molecule has 1 atom stereocenters. The van der Waals surface area contributed by atoms with E-state index >= 15 is 0 Å². The number of halogens is 2. The Hall–Kier alpha value is -1.04. The predicted molar refractivity (Wildman–Crippen MR) is 71.4 cm³/mol. The maximum Gasteiger partial charge on any atom is 0.145 e. The second-order valence-corrected chi connectivity index (χ2v) is 4.82. The summed E-state index contributed by atoms with van der Waals surface area (Å²) >= 11 is 6.93. The van der Waals surface area contributed by atoms with Gasteiger partial charge in [-0.15, -0.1) is 0 Å². The molecular formula is C12H13ClFN3S. The lowest BCUT2D eigenvalue weighted by molar-refractivity contribution is 0.521. The lowest BCUT2D eigenvalue weighted by Crippen LogP contribution is -2.23. The molecule has 3 nitrogen and oxygen atoms in total. The second kappa shape index (κ2) is 6.22. The van der Waals surface area contributed by atoms with Crippen molar-refractivity contribution in [3.63, 3.8) is 0 Å². The molecule has 0 saturated carbocycles. The van der Waals surface area contributed by atoms with E-state index in [4.69, 9.17) is 11.6 Å². The van der Waals surface area contributed by atoms with Crippen molar-refractivity contribution in [2.24, 2.45) is 0 Å². The van der Waals surface area contributed by atoms with Crippen LogP contribution in [0.1, 0.15) is 24.2 Å². The van der Waals surface area contributed by atoms with E-state index in [2.05, 4.69) is 14.1 Å². The fourth-order valence-electron chi connectivity index (χ4n) is 1.78. The zero-order chi connectivity index (χ0) is 13.0. The van der Waals surface area contributed by atoms with E-state index < -0.39 is 0 Å². The van der Waals surface area contributed by atoms with Crippen LogP contribution in [0.15, 0.2) is 24.4 Å². The monoisotopic (exact) mass is 285 g/mol. The Morgan fingerprint density at radius 2 is 2.33 bits per heavy atom. The van der Waals surface area contributed by atoms with Gasteiger partial charge in [0.15, 0.2) is 0 Å². The average molecular weight is 286 g/mol. The highest BCUT2D eigenvalue weighted by molar-refractivity contribution is 6.99. The number of likely N-dealkylation sites (N-methyl/N-ethyl adjacent to an activating group) is 1. The van der Waals surface area contributed by atoms with Crippen LogP contribution in [0.4, 0.5) is 4.39 Å². The quantitative estimate of drug-likeness (QED) is 0.916. The molecule has 2 aromatic rings. The van der Waals surface area contributed by atoms with Crippen LogP contribution in [0.5, 0.6) is 0 Å². The highest BCUT2D eigenvalue weighted by Gasteiger charge is 2.17. The van der Waals surface area contributed by atoms with Crippen LogP contribution in [0.3, 0.4) is 0 Å². The fourth-order valence-corrected chi connectivity index (χ4v) is 2.44. The molecule has 1 aromatic carbocycles. The number of hydrogen-bond donors (Lipinski definition) is 1. The smallest absolute Gasteiger partial charge is 0.145 e. The van der Waals surface area contributed by atoms with Gasteiger partial charge in [-0.2, -0.15) is 8.75 Å². The lowest BCUT2D eigenvalue weighted by Gasteiger charge is -2.16. The summed E-state index contributed by atoms with van der Waals surface area (Å²) < 4.78 is 22.0. The highest BCUT2D eigenvalue weighted by atomic mass is 35.5. The van der Waals surface area contributed by atoms with Gasteiger partial charge >= 0.3 is 0 Å². The van der Waals surface area contributed by atoms with Gasteiger partial charge in [0.2, 0.25) is 0 Å². The van der Waals surface area contributed by atoms with Crippen LogP contribution in [-0.2, 0) is 6.42 Å². The van der Waals surface area contributed by atoms with Gasteiger partial charge < -0.3 is 5.32 Å². The summed E-state index contributed by atoms with van der Waals surface area (Å²) in [4.78, 5) is 0. The summed E-state index contributed by atoms with van der Waals surface area (Å²) in [5, 5.41) is 3.43. The first kappa shape index (κ1) is 13.4. The highest BCUT2D eigenvalue weighted by Crippen LogP contribution is 2.23. The Balaban J connectivity index is 2.21. The van der Waals surface area contributed by atoms with Crippen LogP contribution in [0, 0.1) is 5.82 Å². The number of aromatic nitrogens is 2. The maximum atomic E-state index is 13.9. The first-order chi connectivity index (χ1) is 8.72. The summed E-state index contributed by atoms with van der Waals surface area (Å²) in [5.41, 5.74) is 1.42. The average Bonchev–Trinajstić information content (AvgIpc) is 2.88. The topological polar surface area (TPSA) is 37.8 Å². The number of rotatable bonds is 5. The van der Waals surface area contributed by atoms with Crippen LogP contribution in [0.25, 0.3) is 0 Å². The molecule has 0 spiro atoms. The Morgan fingerprint density at radius 1 is 1.50 bits per heavy atom. The Bertz CT molecular complexity index is 504. The molecular weight excluding hydrogens is 273 g/mol. The molecule has 1 aromatic heterocycles. The first-order valence-corrected chi connectivity index (χ1v) is 6.77. The number of nitrogens with one attached hydrogen (secondary N) is 1. The molecule has 96 valence electrons. The zero-order valence-electron chi connectivity index (χ0n) is 9.86. The van der Waals surface area contributed by atoms with Crippen molar-refractivity contribution < 1.29 is 4.39 Å². The van der Waals surface area contributed by atoms with Crippen LogP contribution in [0.2, 0.25) is 5.02 Å². The SMILES string of the molecule is CCNC(Cc1cccc(Cl)c1F)c1cnsn1. The minimum Gasteiger partial charge on any atom is -0.309 e. The van der Waals surface area contributed by atoms with Gasteiger partial charge in [0.05, 0.1) is 34.7 Å². The number of hydrogen-bond acceptors (Lipinski definition) is 4. The maximum absolute atomic E-state index is 13.9. The lowest BCUT2D eigenvalue weighted by atomic mass is 10.0. The molecule has 0 aliphatic carbocycles. The van der Waals surface area contributed by atoms with Crippen molar-refractivity contribution in [1.29, 1.82) is 0 Å². The van der Waals surface area contributed by atoms with E-state index in [0.29, 0.717) is 12.0 Å². The van der Waals surface area contributed by atoms with E-state index in [1.54, 1.807) is 24.4 Å². The van der Waals surface area contributed by atoms with Gasteiger partial charge in [0, 0.05) is 0 Å². The molecule has 0 amide bonds. The van der Waals surface area contributed by atoms with Gasteiger partial charge in [0.1, 0.15) is 5.82 Å². The van der Waals surface area contributed by atoms with E-state index in [1.807, 2.05) is 6.92 Å². The van der Waals surface area contributed by atoms with Crippen molar-refractivity contribution in [1.82, 2.24) is 14.1 Å². The number of nitrogens with zero attached hydrogens (tertiary/aromatic N) is 2. The van der Waals surface area contributed by atoms with Crippen LogP contribution >= 0.6 is 23.3 Å². The third-order valence-electron chi connectivity index (χ3n) is 2.64. The molecule has 0 radical (unpaired) electrons. The van der Waals surface area contributed by atoms with Gasteiger partial charge in [-0.05, 0) is 24.6 Å². The number of benzene rings is 1. The van der Waals surface area contributed by atoms with Gasteiger partial charge in [0.25, 0.3) is 0 Å². The normalized spacial score (nSPS) is 12.6. The molecule has 0 aliphatic heterocycles. The van der Waals surface area contributed by atoms with Crippen molar-refractivity contribution >= 4 is 23.3 Å². The summed E-state index contributed by atoms with van der Waals surface area (Å²) in [6.45, 7) is 2.78. The first-order valence-electron chi connectivity index (χ1n) is 5.66. The summed E-state index contributed by atoms with van der Waals surface area (Å²) in [7, 11) is 0. The van der Waals surface area contributed by atoms with Gasteiger partial charge in [-0.25, -0.2) is 4.39 Å².